The summed E-state index contributed by atoms with van der Waals surface area (Å²) in [5.41, 5.74) is 2.62. The first-order valence-corrected chi connectivity index (χ1v) is 11.0. The van der Waals surface area contributed by atoms with Gasteiger partial charge in [-0.2, -0.15) is 0 Å². The first-order chi connectivity index (χ1) is 16.7. The predicted octanol–water partition coefficient (Wildman–Crippen LogP) is 6.89. The number of hydrogen-bond donors (Lipinski definition) is 1. The van der Waals surface area contributed by atoms with E-state index in [1.165, 1.54) is 0 Å². The van der Waals surface area contributed by atoms with Crippen LogP contribution in [0.3, 0.4) is 0 Å². The van der Waals surface area contributed by atoms with E-state index in [1.54, 1.807) is 12.1 Å². The van der Waals surface area contributed by atoms with E-state index in [-0.39, 0.29) is 16.8 Å². The van der Waals surface area contributed by atoms with Gasteiger partial charge in [0.25, 0.3) is 5.91 Å². The lowest BCUT2D eigenvalue weighted by Gasteiger charge is -2.15. The Morgan fingerprint density at radius 1 is 0.559 bits per heavy atom. The summed E-state index contributed by atoms with van der Waals surface area (Å²) in [5.74, 6) is 0.139. The number of carbonyl (C=O) groups is 1. The van der Waals surface area contributed by atoms with Crippen molar-refractivity contribution in [3.63, 3.8) is 0 Å². The Bertz CT molecular complexity index is 1480. The summed E-state index contributed by atoms with van der Waals surface area (Å²) in [6.07, 6.45) is 0. The summed E-state index contributed by atoms with van der Waals surface area (Å²) in [4.78, 5) is 27.6. The highest BCUT2D eigenvalue weighted by Gasteiger charge is 2.27. The number of hydrogen-bond acceptors (Lipinski definition) is 3. The Morgan fingerprint density at radius 3 is 1.53 bits per heavy atom. The van der Waals surface area contributed by atoms with Crippen molar-refractivity contribution in [3.05, 3.63) is 137 Å². The third kappa shape index (κ3) is 4.17. The van der Waals surface area contributed by atoms with Crippen LogP contribution in [0.5, 0.6) is 0 Å². The number of amides is 1. The van der Waals surface area contributed by atoms with Crippen LogP contribution in [0.2, 0.25) is 0 Å². The first kappa shape index (κ1) is 21.2. The normalized spacial score (nSPS) is 10.6. The van der Waals surface area contributed by atoms with Crippen LogP contribution in [0.4, 0.5) is 5.69 Å². The van der Waals surface area contributed by atoms with E-state index in [4.69, 9.17) is 4.42 Å². The van der Waals surface area contributed by atoms with Gasteiger partial charge in [0.05, 0.1) is 5.56 Å². The van der Waals surface area contributed by atoms with Gasteiger partial charge in [-0.3, -0.25) is 9.59 Å². The van der Waals surface area contributed by atoms with Crippen molar-refractivity contribution in [2.45, 2.75) is 0 Å². The van der Waals surface area contributed by atoms with Crippen LogP contribution in [-0.2, 0) is 0 Å². The molecule has 1 heterocycles. The van der Waals surface area contributed by atoms with Gasteiger partial charge in [0.2, 0.25) is 5.43 Å². The number of para-hydroxylation sites is 1. The zero-order valence-electron chi connectivity index (χ0n) is 18.3. The van der Waals surface area contributed by atoms with Crippen LogP contribution in [0.1, 0.15) is 10.4 Å². The van der Waals surface area contributed by atoms with Gasteiger partial charge < -0.3 is 9.73 Å². The summed E-state index contributed by atoms with van der Waals surface area (Å²) >= 11 is 0. The molecular weight excluding hydrogens is 422 g/mol. The molecule has 5 aromatic rings. The number of rotatable bonds is 5. The Labute approximate surface area is 197 Å². The van der Waals surface area contributed by atoms with Crippen molar-refractivity contribution >= 4 is 11.6 Å². The van der Waals surface area contributed by atoms with Crippen molar-refractivity contribution in [2.75, 3.05) is 5.32 Å². The molecule has 0 aliphatic rings. The Hall–Kier alpha value is -4.70. The quantitative estimate of drug-likeness (QED) is 0.322. The molecule has 0 saturated carbocycles. The van der Waals surface area contributed by atoms with Crippen molar-refractivity contribution in [3.8, 4) is 33.8 Å². The third-order valence-electron chi connectivity index (χ3n) is 5.51. The van der Waals surface area contributed by atoms with Crippen molar-refractivity contribution in [2.24, 2.45) is 0 Å². The highest BCUT2D eigenvalue weighted by molar-refractivity contribution is 6.09. The summed E-state index contributed by atoms with van der Waals surface area (Å²) in [7, 11) is 0. The lowest BCUT2D eigenvalue weighted by molar-refractivity contribution is 0.102. The maximum absolute atomic E-state index is 14.1. The highest BCUT2D eigenvalue weighted by atomic mass is 16.3. The number of anilines is 1. The van der Waals surface area contributed by atoms with E-state index in [9.17, 15) is 9.59 Å². The van der Waals surface area contributed by atoms with Crippen LogP contribution >= 0.6 is 0 Å². The van der Waals surface area contributed by atoms with Crippen molar-refractivity contribution < 1.29 is 9.21 Å². The minimum absolute atomic E-state index is 0.0337. The SMILES string of the molecule is O=C(Nc1ccccc1)c1c(-c2ccccc2)oc(-c2ccccc2)c(-c2ccccc2)c1=O. The zero-order chi connectivity index (χ0) is 23.3. The van der Waals surface area contributed by atoms with E-state index >= 15 is 0 Å². The maximum Gasteiger partial charge on any atom is 0.263 e. The van der Waals surface area contributed by atoms with Crippen LogP contribution in [0, 0.1) is 0 Å². The second-order valence-electron chi connectivity index (χ2n) is 7.76. The van der Waals surface area contributed by atoms with Crippen LogP contribution in [-0.4, -0.2) is 5.91 Å². The molecule has 0 radical (unpaired) electrons. The number of carbonyl (C=O) groups excluding carboxylic acids is 1. The summed E-state index contributed by atoms with van der Waals surface area (Å²) in [5, 5.41) is 2.85. The molecule has 0 aliphatic carbocycles. The molecule has 4 heteroatoms. The third-order valence-corrected chi connectivity index (χ3v) is 5.51. The fourth-order valence-corrected chi connectivity index (χ4v) is 3.91. The van der Waals surface area contributed by atoms with Gasteiger partial charge in [0.15, 0.2) is 5.76 Å². The van der Waals surface area contributed by atoms with Gasteiger partial charge in [-0.1, -0.05) is 109 Å². The second kappa shape index (κ2) is 9.43. The molecule has 0 saturated heterocycles. The molecule has 0 bridgehead atoms. The van der Waals surface area contributed by atoms with Crippen molar-refractivity contribution in [1.82, 2.24) is 0 Å². The van der Waals surface area contributed by atoms with Gasteiger partial charge in [-0.05, 0) is 17.7 Å². The molecule has 1 N–H and O–H groups in total. The van der Waals surface area contributed by atoms with E-state index in [1.807, 2.05) is 109 Å². The smallest absolute Gasteiger partial charge is 0.263 e. The van der Waals surface area contributed by atoms with Gasteiger partial charge in [0.1, 0.15) is 11.3 Å². The Kier molecular flexibility index (Phi) is 5.87. The molecule has 34 heavy (non-hydrogen) atoms. The topological polar surface area (TPSA) is 59.3 Å². The molecular formula is C30H21NO3. The fraction of sp³-hybridized carbons (Fsp3) is 0. The maximum atomic E-state index is 14.1. The average Bonchev–Trinajstić information content (AvgIpc) is 2.90. The molecule has 5 rings (SSSR count). The lowest BCUT2D eigenvalue weighted by atomic mass is 9.95. The zero-order valence-corrected chi connectivity index (χ0v) is 18.3. The minimum atomic E-state index is -0.518. The molecule has 1 amide bonds. The summed E-state index contributed by atoms with van der Waals surface area (Å²) in [6.45, 7) is 0. The largest absolute Gasteiger partial charge is 0.454 e. The molecule has 4 nitrogen and oxygen atoms in total. The van der Waals surface area contributed by atoms with Gasteiger partial charge in [-0.15, -0.1) is 0 Å². The predicted molar refractivity (Wildman–Crippen MR) is 136 cm³/mol. The van der Waals surface area contributed by atoms with Crippen LogP contribution in [0.15, 0.2) is 131 Å². The summed E-state index contributed by atoms with van der Waals surface area (Å²) in [6, 6.07) is 37.1. The van der Waals surface area contributed by atoms with Crippen LogP contribution < -0.4 is 10.7 Å². The van der Waals surface area contributed by atoms with E-state index in [0.717, 1.165) is 5.56 Å². The van der Waals surface area contributed by atoms with Gasteiger partial charge in [0, 0.05) is 16.8 Å². The number of benzene rings is 4. The fourth-order valence-electron chi connectivity index (χ4n) is 3.91. The van der Waals surface area contributed by atoms with Gasteiger partial charge in [-0.25, -0.2) is 0 Å². The van der Waals surface area contributed by atoms with Crippen molar-refractivity contribution in [1.29, 1.82) is 0 Å². The molecule has 0 spiro atoms. The molecule has 0 unspecified atom stereocenters. The molecule has 164 valence electrons. The molecule has 1 aromatic heterocycles. The monoisotopic (exact) mass is 443 g/mol. The Balaban J connectivity index is 1.81. The number of nitrogens with one attached hydrogen (secondary N) is 1. The molecule has 0 aliphatic heterocycles. The van der Waals surface area contributed by atoms with Gasteiger partial charge >= 0.3 is 0 Å². The van der Waals surface area contributed by atoms with E-state index in [0.29, 0.717) is 28.1 Å². The van der Waals surface area contributed by atoms with Crippen LogP contribution in [0.25, 0.3) is 33.8 Å². The molecule has 0 fully saturated rings. The second-order valence-corrected chi connectivity index (χ2v) is 7.76. The molecule has 0 atom stereocenters. The minimum Gasteiger partial charge on any atom is -0.454 e. The first-order valence-electron chi connectivity index (χ1n) is 11.0. The highest BCUT2D eigenvalue weighted by Crippen LogP contribution is 2.35. The molecule has 4 aromatic carbocycles. The van der Waals surface area contributed by atoms with E-state index < -0.39 is 5.91 Å². The average molecular weight is 444 g/mol. The standard InChI is InChI=1S/C30H21NO3/c32-27-25(21-13-5-1-6-14-21)28(22-15-7-2-8-16-22)34-29(23-17-9-3-10-18-23)26(27)30(33)31-24-19-11-4-12-20-24/h1-20H,(H,31,33). The van der Waals surface area contributed by atoms with E-state index in [2.05, 4.69) is 5.32 Å². The summed E-state index contributed by atoms with van der Waals surface area (Å²) < 4.78 is 6.45. The Morgan fingerprint density at radius 2 is 1.00 bits per heavy atom. The lowest BCUT2D eigenvalue weighted by Crippen LogP contribution is -2.24.